The van der Waals surface area contributed by atoms with Gasteiger partial charge in [0.1, 0.15) is 6.10 Å². The molecule has 198 valence electrons. The van der Waals surface area contributed by atoms with Crippen molar-refractivity contribution in [3.05, 3.63) is 0 Å². The third-order valence-electron chi connectivity index (χ3n) is 6.43. The predicted molar refractivity (Wildman–Crippen MR) is 141 cm³/mol. The number of carbonyl (C=O) groups excluding carboxylic acids is 1. The highest BCUT2D eigenvalue weighted by Crippen LogP contribution is 2.13. The summed E-state index contributed by atoms with van der Waals surface area (Å²) in [5.41, 5.74) is 0. The first-order valence-electron chi connectivity index (χ1n) is 14.6. The number of aliphatic hydroxyl groups is 1. The Bertz CT molecular complexity index is 386. The fraction of sp³-hybridized carbons (Fsp3) is 0.966. The molecule has 0 rings (SSSR count). The molecular formula is C29H58O4. The highest BCUT2D eigenvalue weighted by molar-refractivity contribution is 5.69. The molecule has 0 aliphatic rings. The summed E-state index contributed by atoms with van der Waals surface area (Å²) < 4.78 is 11.0. The van der Waals surface area contributed by atoms with Gasteiger partial charge >= 0.3 is 5.97 Å². The van der Waals surface area contributed by atoms with Gasteiger partial charge < -0.3 is 14.6 Å². The lowest BCUT2D eigenvalue weighted by molar-refractivity contribution is -0.154. The number of unbranched alkanes of at least 4 members (excludes halogenated alkanes) is 19. The van der Waals surface area contributed by atoms with Gasteiger partial charge in [-0.2, -0.15) is 0 Å². The second kappa shape index (κ2) is 27.6. The van der Waals surface area contributed by atoms with Crippen molar-refractivity contribution in [2.45, 2.75) is 161 Å². The minimum atomic E-state index is -0.520. The van der Waals surface area contributed by atoms with Crippen LogP contribution in [-0.4, -0.2) is 37.0 Å². The Kier molecular flexibility index (Phi) is 27.1. The lowest BCUT2D eigenvalue weighted by Crippen LogP contribution is -2.27. The molecule has 0 aliphatic heterocycles. The molecular weight excluding hydrogens is 412 g/mol. The van der Waals surface area contributed by atoms with Crippen LogP contribution in [0.3, 0.4) is 0 Å². The zero-order chi connectivity index (χ0) is 24.2. The topological polar surface area (TPSA) is 55.8 Å². The van der Waals surface area contributed by atoms with Crippen LogP contribution >= 0.6 is 0 Å². The maximum absolute atomic E-state index is 12.0. The van der Waals surface area contributed by atoms with E-state index in [-0.39, 0.29) is 12.6 Å². The van der Waals surface area contributed by atoms with Crippen molar-refractivity contribution >= 4 is 5.97 Å². The van der Waals surface area contributed by atoms with Crippen molar-refractivity contribution in [1.29, 1.82) is 0 Å². The molecule has 33 heavy (non-hydrogen) atoms. The summed E-state index contributed by atoms with van der Waals surface area (Å²) in [5.74, 6) is -0.201. The van der Waals surface area contributed by atoms with Gasteiger partial charge in [-0.25, -0.2) is 0 Å². The minimum absolute atomic E-state index is 0.165. The van der Waals surface area contributed by atoms with Gasteiger partial charge in [-0.05, 0) is 12.8 Å². The van der Waals surface area contributed by atoms with Gasteiger partial charge in [-0.15, -0.1) is 0 Å². The van der Waals surface area contributed by atoms with Crippen LogP contribution in [-0.2, 0) is 14.3 Å². The summed E-state index contributed by atoms with van der Waals surface area (Å²) in [6.45, 7) is 5.34. The fourth-order valence-corrected chi connectivity index (χ4v) is 4.21. The zero-order valence-electron chi connectivity index (χ0n) is 22.4. The van der Waals surface area contributed by atoms with Gasteiger partial charge in [0.25, 0.3) is 0 Å². The maximum atomic E-state index is 12.0. The van der Waals surface area contributed by atoms with Crippen LogP contribution in [0.1, 0.15) is 155 Å². The molecule has 1 atom stereocenters. The van der Waals surface area contributed by atoms with E-state index >= 15 is 0 Å². The van der Waals surface area contributed by atoms with E-state index in [0.717, 1.165) is 19.3 Å². The first-order chi connectivity index (χ1) is 16.2. The number of hydrogen-bond donors (Lipinski definition) is 1. The van der Waals surface area contributed by atoms with Crippen molar-refractivity contribution in [3.8, 4) is 0 Å². The summed E-state index contributed by atoms with van der Waals surface area (Å²) in [6, 6.07) is 0. The average molecular weight is 471 g/mol. The van der Waals surface area contributed by atoms with Gasteiger partial charge in [0.15, 0.2) is 0 Å². The number of carbonyl (C=O) groups is 1. The molecule has 0 aromatic heterocycles. The Hall–Kier alpha value is -0.610. The third-order valence-corrected chi connectivity index (χ3v) is 6.43. The molecule has 1 N–H and O–H groups in total. The Labute approximate surface area is 206 Å². The van der Waals surface area contributed by atoms with Crippen LogP contribution in [0.4, 0.5) is 0 Å². The second-order valence-electron chi connectivity index (χ2n) is 9.84. The molecule has 4 nitrogen and oxygen atoms in total. The van der Waals surface area contributed by atoms with Crippen LogP contribution in [0.25, 0.3) is 0 Å². The third kappa shape index (κ3) is 25.8. The highest BCUT2D eigenvalue weighted by Gasteiger charge is 2.13. The highest BCUT2D eigenvalue weighted by atomic mass is 16.6. The van der Waals surface area contributed by atoms with Crippen LogP contribution in [0.15, 0.2) is 0 Å². The lowest BCUT2D eigenvalue weighted by Gasteiger charge is -2.16. The van der Waals surface area contributed by atoms with Crippen LogP contribution in [0.5, 0.6) is 0 Å². The normalized spacial score (nSPS) is 12.2. The molecule has 0 heterocycles. The first-order valence-corrected chi connectivity index (χ1v) is 14.6. The fourth-order valence-electron chi connectivity index (χ4n) is 4.21. The maximum Gasteiger partial charge on any atom is 0.306 e. The Balaban J connectivity index is 3.43. The van der Waals surface area contributed by atoms with E-state index in [0.29, 0.717) is 19.6 Å². The zero-order valence-corrected chi connectivity index (χ0v) is 22.4. The SMILES string of the molecule is CCCCCCCCCCCCCCC(=O)OC(CO)COCCCCCCCCCCC. The minimum Gasteiger partial charge on any atom is -0.457 e. The smallest absolute Gasteiger partial charge is 0.306 e. The monoisotopic (exact) mass is 470 g/mol. The Morgan fingerprint density at radius 2 is 1.00 bits per heavy atom. The molecule has 0 aliphatic carbocycles. The standard InChI is InChI=1S/C29H58O4/c1-3-5-7-9-11-13-14-15-16-18-20-22-24-29(31)33-28(26-30)27-32-25-23-21-19-17-12-10-8-6-4-2/h28,30H,3-27H2,1-2H3. The number of esters is 1. The largest absolute Gasteiger partial charge is 0.457 e. The summed E-state index contributed by atoms with van der Waals surface area (Å²) in [7, 11) is 0. The number of ether oxygens (including phenoxy) is 2. The molecule has 1 unspecified atom stereocenters. The second-order valence-corrected chi connectivity index (χ2v) is 9.84. The number of rotatable bonds is 27. The van der Waals surface area contributed by atoms with Crippen molar-refractivity contribution in [3.63, 3.8) is 0 Å². The molecule has 0 spiro atoms. The lowest BCUT2D eigenvalue weighted by atomic mass is 10.0. The molecule has 0 fully saturated rings. The molecule has 0 aromatic carbocycles. The van der Waals surface area contributed by atoms with E-state index in [4.69, 9.17) is 9.47 Å². The molecule has 0 aromatic rings. The van der Waals surface area contributed by atoms with E-state index in [1.807, 2.05) is 0 Å². The van der Waals surface area contributed by atoms with Crippen molar-refractivity contribution in [2.24, 2.45) is 0 Å². The van der Waals surface area contributed by atoms with Crippen molar-refractivity contribution in [1.82, 2.24) is 0 Å². The molecule has 0 radical (unpaired) electrons. The molecule has 0 saturated heterocycles. The average Bonchev–Trinajstić information content (AvgIpc) is 2.82. The van der Waals surface area contributed by atoms with Crippen molar-refractivity contribution < 1.29 is 19.4 Å². The van der Waals surface area contributed by atoms with Crippen LogP contribution in [0, 0.1) is 0 Å². The first kappa shape index (κ1) is 32.4. The number of aliphatic hydroxyl groups excluding tert-OH is 1. The summed E-state index contributed by atoms with van der Waals surface area (Å²) in [4.78, 5) is 12.0. The van der Waals surface area contributed by atoms with Gasteiger partial charge in [0.2, 0.25) is 0 Å². The van der Waals surface area contributed by atoms with Gasteiger partial charge in [-0.3, -0.25) is 4.79 Å². The molecule has 0 bridgehead atoms. The number of hydrogen-bond acceptors (Lipinski definition) is 4. The van der Waals surface area contributed by atoms with E-state index < -0.39 is 6.10 Å². The van der Waals surface area contributed by atoms with Gasteiger partial charge in [-0.1, -0.05) is 136 Å². The Morgan fingerprint density at radius 1 is 0.606 bits per heavy atom. The molecule has 0 amide bonds. The molecule has 0 saturated carbocycles. The summed E-state index contributed by atoms with van der Waals surface area (Å²) in [5, 5.41) is 9.45. The Morgan fingerprint density at radius 3 is 1.42 bits per heavy atom. The van der Waals surface area contributed by atoms with E-state index in [1.54, 1.807) is 0 Å². The van der Waals surface area contributed by atoms with Crippen molar-refractivity contribution in [2.75, 3.05) is 19.8 Å². The van der Waals surface area contributed by atoms with Crippen LogP contribution < -0.4 is 0 Å². The van der Waals surface area contributed by atoms with E-state index in [9.17, 15) is 9.90 Å². The van der Waals surface area contributed by atoms with Gasteiger partial charge in [0, 0.05) is 13.0 Å². The van der Waals surface area contributed by atoms with E-state index in [1.165, 1.54) is 116 Å². The van der Waals surface area contributed by atoms with Gasteiger partial charge in [0.05, 0.1) is 13.2 Å². The summed E-state index contributed by atoms with van der Waals surface area (Å²) in [6.07, 6.45) is 26.9. The quantitative estimate of drug-likeness (QED) is 0.0965. The summed E-state index contributed by atoms with van der Waals surface area (Å²) >= 11 is 0. The van der Waals surface area contributed by atoms with Crippen LogP contribution in [0.2, 0.25) is 0 Å². The predicted octanol–water partition coefficient (Wildman–Crippen LogP) is 8.53. The molecule has 4 heteroatoms. The van der Waals surface area contributed by atoms with E-state index in [2.05, 4.69) is 13.8 Å².